The lowest BCUT2D eigenvalue weighted by molar-refractivity contribution is -0.142. The first-order chi connectivity index (χ1) is 25.7. The molecule has 8 heteroatoms. The average Bonchev–Trinajstić information content (AvgIpc) is 3.12. The maximum Gasteiger partial charge on any atom is 0.313 e. The number of carbonyl (C=O) groups is 2. The van der Waals surface area contributed by atoms with E-state index >= 15 is 0 Å². The van der Waals surface area contributed by atoms with Crippen LogP contribution in [0.25, 0.3) is 0 Å². The molecule has 0 aromatic heterocycles. The van der Waals surface area contributed by atoms with Crippen molar-refractivity contribution < 1.29 is 33.7 Å². The zero-order valence-corrected chi connectivity index (χ0v) is 31.1. The molecule has 0 radical (unpaired) electrons. The first-order valence-corrected chi connectivity index (χ1v) is 17.2. The fourth-order valence-corrected chi connectivity index (χ4v) is 5.43. The number of aliphatic carboxylic acids is 1. The fraction of sp³-hybridized carbons (Fsp3) is 0.304. The second kappa shape index (κ2) is 20.5. The van der Waals surface area contributed by atoms with Gasteiger partial charge in [-0.25, -0.2) is 4.39 Å². The molecule has 1 aliphatic heterocycles. The summed E-state index contributed by atoms with van der Waals surface area (Å²) in [6.07, 6.45) is 6.79. The summed E-state index contributed by atoms with van der Waals surface area (Å²) in [5.74, 6) is 27.7. The highest BCUT2D eigenvalue weighted by molar-refractivity contribution is 5.80. The van der Waals surface area contributed by atoms with Crippen LogP contribution in [-0.2, 0) is 21.4 Å². The Morgan fingerprint density at radius 1 is 0.815 bits per heavy atom. The van der Waals surface area contributed by atoms with Gasteiger partial charge in [0.25, 0.3) is 0 Å². The number of hydrogen-bond acceptors (Lipinski definition) is 5. The molecule has 0 unspecified atom stereocenters. The number of ether oxygens (including phenoxy) is 2. The Labute approximate surface area is 318 Å². The normalized spacial score (nSPS) is 12.3. The molecule has 1 saturated heterocycles. The van der Waals surface area contributed by atoms with Crippen molar-refractivity contribution in [3.63, 3.8) is 0 Å². The highest BCUT2D eigenvalue weighted by atomic mass is 19.1. The summed E-state index contributed by atoms with van der Waals surface area (Å²) in [6.45, 7) is 10.1. The van der Waals surface area contributed by atoms with Gasteiger partial charge >= 0.3 is 5.97 Å². The van der Waals surface area contributed by atoms with Crippen molar-refractivity contribution in [2.24, 2.45) is 5.92 Å². The van der Waals surface area contributed by atoms with E-state index < -0.39 is 17.0 Å². The molecule has 54 heavy (non-hydrogen) atoms. The number of likely N-dealkylation sites (tertiary alicyclic amines) is 1. The van der Waals surface area contributed by atoms with E-state index in [9.17, 15) is 24.2 Å². The predicted octanol–water partition coefficient (Wildman–Crippen LogP) is 7.37. The lowest BCUT2D eigenvalue weighted by Crippen LogP contribution is -2.47. The number of rotatable bonds is 10. The van der Waals surface area contributed by atoms with E-state index in [4.69, 9.17) is 15.9 Å². The molecule has 3 aromatic carbocycles. The van der Waals surface area contributed by atoms with Gasteiger partial charge < -0.3 is 24.6 Å². The molecule has 0 spiro atoms. The quantitative estimate of drug-likeness (QED) is 0.212. The summed E-state index contributed by atoms with van der Waals surface area (Å²) in [4.78, 5) is 26.6. The molecule has 0 bridgehead atoms. The van der Waals surface area contributed by atoms with Gasteiger partial charge in [-0.2, -0.15) is 0 Å². The number of halogens is 1. The number of carboxylic acid groups (broad SMARTS) is 1. The zero-order chi connectivity index (χ0) is 39.6. The molecule has 2 N–H and O–H groups in total. The molecule has 3 aromatic rings. The van der Waals surface area contributed by atoms with E-state index in [2.05, 4.69) is 79.0 Å². The van der Waals surface area contributed by atoms with Crippen molar-refractivity contribution in [3.05, 3.63) is 83.7 Å². The Hall–Kier alpha value is -6.55. The monoisotopic (exact) mass is 723 g/mol. The van der Waals surface area contributed by atoms with E-state index in [0.29, 0.717) is 72.4 Å². The SMILES string of the molecule is C#CC#CC#CC#CC#CC#CC.CC(C)CC1(O)CCN(C(=O)Cc2cc(Oc3ccc(F)cc3)cc(Oc3ccc(C(C)(C)C(=O)O)cc3)c2)CC1. The van der Waals surface area contributed by atoms with E-state index in [-0.39, 0.29) is 18.1 Å². The molecule has 1 fully saturated rings. The first-order valence-electron chi connectivity index (χ1n) is 17.2. The summed E-state index contributed by atoms with van der Waals surface area (Å²) >= 11 is 0. The molecule has 1 amide bonds. The molecular weight excluding hydrogens is 682 g/mol. The Morgan fingerprint density at radius 2 is 1.30 bits per heavy atom. The minimum atomic E-state index is -1.05. The standard InChI is InChI=1S/C33H38FNO6.C13H4/c1-22(2)21-33(39)13-15-35(16-14-33)30(36)19-23-17-28(20-29(18-23)41-27-11-7-25(34)8-12-27)40-26-9-5-24(6-10-26)32(3,4)31(37)38;1-3-5-7-9-11-13-12-10-8-6-4-2/h5-12,17-18,20,22,39H,13-16,19,21H2,1-4H3,(H,37,38);1H,2H3. The first kappa shape index (κ1) is 41.9. The molecule has 0 aliphatic carbocycles. The van der Waals surface area contributed by atoms with Crippen molar-refractivity contribution in [1.82, 2.24) is 4.90 Å². The van der Waals surface area contributed by atoms with Crippen molar-refractivity contribution >= 4 is 11.9 Å². The minimum Gasteiger partial charge on any atom is -0.481 e. The van der Waals surface area contributed by atoms with E-state index in [1.165, 1.54) is 24.3 Å². The number of terminal acetylenes is 1. The van der Waals surface area contributed by atoms with Crippen LogP contribution in [0.1, 0.15) is 65.0 Å². The van der Waals surface area contributed by atoms with Crippen molar-refractivity contribution in [2.45, 2.75) is 71.3 Å². The minimum absolute atomic E-state index is 0.0539. The number of piperidine rings is 1. The number of carbonyl (C=O) groups excluding carboxylic acids is 1. The molecule has 0 atom stereocenters. The van der Waals surface area contributed by atoms with Crippen LogP contribution in [0.2, 0.25) is 0 Å². The van der Waals surface area contributed by atoms with Crippen LogP contribution in [0.15, 0.2) is 66.7 Å². The van der Waals surface area contributed by atoms with Crippen LogP contribution >= 0.6 is 0 Å². The molecular formula is C46H42FNO6. The van der Waals surface area contributed by atoms with Crippen LogP contribution in [0.3, 0.4) is 0 Å². The van der Waals surface area contributed by atoms with Gasteiger partial charge in [0.1, 0.15) is 28.8 Å². The summed E-state index contributed by atoms with van der Waals surface area (Å²) < 4.78 is 25.5. The van der Waals surface area contributed by atoms with Gasteiger partial charge in [-0.15, -0.1) is 6.42 Å². The fourth-order valence-electron chi connectivity index (χ4n) is 5.43. The van der Waals surface area contributed by atoms with Gasteiger partial charge in [0.15, 0.2) is 0 Å². The summed E-state index contributed by atoms with van der Waals surface area (Å²) in [5, 5.41) is 20.4. The van der Waals surface area contributed by atoms with Crippen molar-refractivity contribution in [3.8, 4) is 94.5 Å². The van der Waals surface area contributed by atoms with Crippen LogP contribution in [0.5, 0.6) is 23.0 Å². The van der Waals surface area contributed by atoms with Crippen LogP contribution < -0.4 is 9.47 Å². The van der Waals surface area contributed by atoms with Gasteiger partial charge in [-0.3, -0.25) is 9.59 Å². The molecule has 1 aliphatic rings. The van der Waals surface area contributed by atoms with Crippen molar-refractivity contribution in [1.29, 1.82) is 0 Å². The van der Waals surface area contributed by atoms with Gasteiger partial charge in [0, 0.05) is 19.2 Å². The number of nitrogens with zero attached hydrogens (tertiary/aromatic N) is 1. The van der Waals surface area contributed by atoms with Crippen LogP contribution in [0, 0.1) is 83.3 Å². The highest BCUT2D eigenvalue weighted by Gasteiger charge is 2.34. The molecule has 4 rings (SSSR count). The second-order valence-electron chi connectivity index (χ2n) is 13.3. The Bertz CT molecular complexity index is 2150. The topological polar surface area (TPSA) is 96.3 Å². The smallest absolute Gasteiger partial charge is 0.313 e. The average molecular weight is 724 g/mol. The Balaban J connectivity index is 0.000000515. The number of carboxylic acids is 1. The van der Waals surface area contributed by atoms with Crippen molar-refractivity contribution in [2.75, 3.05) is 13.1 Å². The molecule has 1 heterocycles. The number of aliphatic hydroxyl groups is 1. The lowest BCUT2D eigenvalue weighted by atomic mass is 9.84. The largest absolute Gasteiger partial charge is 0.481 e. The Kier molecular flexibility index (Phi) is 15.9. The molecule has 0 saturated carbocycles. The molecule has 7 nitrogen and oxygen atoms in total. The van der Waals surface area contributed by atoms with E-state index in [1.807, 2.05) is 0 Å². The molecule has 274 valence electrons. The van der Waals surface area contributed by atoms with Gasteiger partial charge in [-0.05, 0) is 165 Å². The summed E-state index contributed by atoms with van der Waals surface area (Å²) in [6, 6.07) is 17.7. The third-order valence-corrected chi connectivity index (χ3v) is 8.22. The zero-order valence-electron chi connectivity index (χ0n) is 31.1. The third kappa shape index (κ3) is 13.9. The summed E-state index contributed by atoms with van der Waals surface area (Å²) in [5.41, 5.74) is -0.465. The second-order valence-corrected chi connectivity index (χ2v) is 13.3. The number of benzene rings is 3. The maximum absolute atomic E-state index is 13.4. The van der Waals surface area contributed by atoms with Gasteiger partial charge in [0.2, 0.25) is 5.91 Å². The third-order valence-electron chi connectivity index (χ3n) is 8.22. The van der Waals surface area contributed by atoms with Gasteiger partial charge in [-0.1, -0.05) is 31.9 Å². The van der Waals surface area contributed by atoms with E-state index in [0.717, 1.165) is 0 Å². The van der Waals surface area contributed by atoms with Gasteiger partial charge in [0.05, 0.1) is 17.4 Å². The lowest BCUT2D eigenvalue weighted by Gasteiger charge is -2.39. The van der Waals surface area contributed by atoms with Crippen LogP contribution in [-0.4, -0.2) is 45.7 Å². The highest BCUT2D eigenvalue weighted by Crippen LogP contribution is 2.33. The summed E-state index contributed by atoms with van der Waals surface area (Å²) in [7, 11) is 0. The van der Waals surface area contributed by atoms with E-state index in [1.54, 1.807) is 68.1 Å². The predicted molar refractivity (Wildman–Crippen MR) is 207 cm³/mol. The maximum atomic E-state index is 13.4. The van der Waals surface area contributed by atoms with Crippen LogP contribution in [0.4, 0.5) is 4.39 Å². The number of amides is 1. The Morgan fingerprint density at radius 3 is 1.76 bits per heavy atom. The number of hydrogen-bond donors (Lipinski definition) is 2.